The molecule has 110 valence electrons. The Morgan fingerprint density at radius 2 is 2.24 bits per heavy atom. The lowest BCUT2D eigenvalue weighted by Gasteiger charge is -2.09. The Balaban J connectivity index is 2.12. The van der Waals surface area contributed by atoms with Crippen molar-refractivity contribution in [2.45, 2.75) is 13.5 Å². The van der Waals surface area contributed by atoms with Crippen LogP contribution in [0, 0.1) is 17.0 Å². The minimum atomic E-state index is -0.459. The Labute approximate surface area is 124 Å². The predicted octanol–water partition coefficient (Wildman–Crippen LogP) is 2.15. The Kier molecular flexibility index (Phi) is 4.51. The Bertz CT molecular complexity index is 684. The van der Waals surface area contributed by atoms with Crippen LogP contribution in [-0.2, 0) is 6.61 Å². The second-order valence-electron chi connectivity index (χ2n) is 4.24. The average molecular weight is 307 g/mol. The summed E-state index contributed by atoms with van der Waals surface area (Å²) in [6, 6.07) is 6.14. The van der Waals surface area contributed by atoms with E-state index in [1.807, 2.05) is 0 Å². The predicted molar refractivity (Wildman–Crippen MR) is 78.1 cm³/mol. The normalized spacial score (nSPS) is 10.2. The van der Waals surface area contributed by atoms with E-state index in [1.165, 1.54) is 23.5 Å². The van der Waals surface area contributed by atoms with Crippen LogP contribution < -0.4 is 16.0 Å². The lowest BCUT2D eigenvalue weighted by Crippen LogP contribution is -2.30. The van der Waals surface area contributed by atoms with E-state index in [9.17, 15) is 14.9 Å². The van der Waals surface area contributed by atoms with Crippen molar-refractivity contribution in [3.63, 3.8) is 0 Å². The molecular formula is C13H13N3O4S. The number of carbonyl (C=O) groups is 1. The molecule has 0 radical (unpaired) electrons. The number of aryl methyl sites for hydroxylation is 1. The van der Waals surface area contributed by atoms with Gasteiger partial charge in [0.25, 0.3) is 11.6 Å². The Morgan fingerprint density at radius 3 is 2.86 bits per heavy atom. The fraction of sp³-hybridized carbons (Fsp3) is 0.154. The van der Waals surface area contributed by atoms with Gasteiger partial charge in [-0.05, 0) is 30.0 Å². The first kappa shape index (κ1) is 14.9. The van der Waals surface area contributed by atoms with Gasteiger partial charge in [-0.1, -0.05) is 0 Å². The highest BCUT2D eigenvalue weighted by molar-refractivity contribution is 7.12. The summed E-state index contributed by atoms with van der Waals surface area (Å²) in [6.07, 6.45) is 0. The zero-order chi connectivity index (χ0) is 15.4. The quantitative estimate of drug-likeness (QED) is 0.381. The number of nitro benzene ring substituents is 1. The maximum Gasteiger partial charge on any atom is 0.275 e. The van der Waals surface area contributed by atoms with E-state index in [-0.39, 0.29) is 18.2 Å². The first-order valence-electron chi connectivity index (χ1n) is 5.98. The van der Waals surface area contributed by atoms with Gasteiger partial charge in [-0.15, -0.1) is 11.3 Å². The van der Waals surface area contributed by atoms with Gasteiger partial charge in [-0.25, -0.2) is 5.84 Å². The first-order valence-corrected chi connectivity index (χ1v) is 6.86. The third-order valence-corrected chi connectivity index (χ3v) is 3.79. The molecule has 7 nitrogen and oxygen atoms in total. The number of nitrogen functional groups attached to an aromatic ring is 1. The number of benzene rings is 1. The number of non-ortho nitro benzene ring substituents is 1. The molecule has 8 heteroatoms. The van der Waals surface area contributed by atoms with Gasteiger partial charge in [0.05, 0.1) is 9.80 Å². The number of thiophene rings is 1. The second-order valence-corrected chi connectivity index (χ2v) is 5.16. The van der Waals surface area contributed by atoms with E-state index in [0.717, 1.165) is 0 Å². The van der Waals surface area contributed by atoms with Crippen molar-refractivity contribution in [2.75, 3.05) is 0 Å². The van der Waals surface area contributed by atoms with Crippen molar-refractivity contribution in [3.8, 4) is 5.75 Å². The van der Waals surface area contributed by atoms with Gasteiger partial charge in [0.15, 0.2) is 0 Å². The summed E-state index contributed by atoms with van der Waals surface area (Å²) in [6.45, 7) is 1.91. The molecule has 0 aliphatic rings. The average Bonchev–Trinajstić information content (AvgIpc) is 2.93. The summed E-state index contributed by atoms with van der Waals surface area (Å²) in [5.74, 6) is 5.27. The highest BCUT2D eigenvalue weighted by Gasteiger charge is 2.14. The smallest absolute Gasteiger partial charge is 0.275 e. The van der Waals surface area contributed by atoms with Gasteiger partial charge in [0.1, 0.15) is 12.4 Å². The number of hydrazine groups is 1. The summed E-state index contributed by atoms with van der Waals surface area (Å²) >= 11 is 1.27. The summed E-state index contributed by atoms with van der Waals surface area (Å²) in [5.41, 5.74) is 3.46. The minimum absolute atomic E-state index is 0.0126. The van der Waals surface area contributed by atoms with Gasteiger partial charge >= 0.3 is 0 Å². The third kappa shape index (κ3) is 3.36. The van der Waals surface area contributed by atoms with Crippen LogP contribution in [0.3, 0.4) is 0 Å². The lowest BCUT2D eigenvalue weighted by atomic mass is 10.2. The molecule has 0 bridgehead atoms. The molecule has 2 aromatic rings. The van der Waals surface area contributed by atoms with E-state index in [1.54, 1.807) is 24.4 Å². The molecule has 0 unspecified atom stereocenters. The van der Waals surface area contributed by atoms with Crippen molar-refractivity contribution >= 4 is 22.9 Å². The number of amides is 1. The van der Waals surface area contributed by atoms with E-state index < -0.39 is 4.92 Å². The number of nitrogens with one attached hydrogen (secondary N) is 1. The van der Waals surface area contributed by atoms with Crippen molar-refractivity contribution in [1.82, 2.24) is 5.43 Å². The maximum absolute atomic E-state index is 11.5. The molecule has 0 saturated carbocycles. The Hall–Kier alpha value is -2.45. The summed E-state index contributed by atoms with van der Waals surface area (Å²) in [5, 5.41) is 12.4. The van der Waals surface area contributed by atoms with Gasteiger partial charge in [0, 0.05) is 17.7 Å². The van der Waals surface area contributed by atoms with Gasteiger partial charge in [0.2, 0.25) is 0 Å². The number of nitrogens with two attached hydrogens (primary N) is 1. The van der Waals surface area contributed by atoms with Crippen LogP contribution in [0.4, 0.5) is 5.69 Å². The van der Waals surface area contributed by atoms with Crippen molar-refractivity contribution in [3.05, 3.63) is 55.8 Å². The lowest BCUT2D eigenvalue weighted by molar-refractivity contribution is -0.384. The van der Waals surface area contributed by atoms with Crippen molar-refractivity contribution < 1.29 is 14.5 Å². The highest BCUT2D eigenvalue weighted by Crippen LogP contribution is 2.25. The largest absolute Gasteiger partial charge is 0.489 e. The van der Waals surface area contributed by atoms with Gasteiger partial charge < -0.3 is 4.74 Å². The van der Waals surface area contributed by atoms with Gasteiger partial charge in [-0.2, -0.15) is 0 Å². The zero-order valence-corrected chi connectivity index (χ0v) is 12.0. The molecule has 1 aromatic heterocycles. The SMILES string of the molecule is Cc1cc([N+](=O)[O-])ccc1OCc1ccsc1C(=O)NN. The number of ether oxygens (including phenoxy) is 1. The van der Waals surface area contributed by atoms with Crippen LogP contribution in [0.1, 0.15) is 20.8 Å². The number of carbonyl (C=O) groups excluding carboxylic acids is 1. The molecule has 0 fully saturated rings. The van der Waals surface area contributed by atoms with Crippen LogP contribution in [0.15, 0.2) is 29.6 Å². The monoisotopic (exact) mass is 307 g/mol. The Morgan fingerprint density at radius 1 is 1.48 bits per heavy atom. The molecule has 21 heavy (non-hydrogen) atoms. The fourth-order valence-electron chi connectivity index (χ4n) is 1.78. The van der Waals surface area contributed by atoms with E-state index >= 15 is 0 Å². The molecule has 2 rings (SSSR count). The van der Waals surface area contributed by atoms with E-state index in [4.69, 9.17) is 10.6 Å². The van der Waals surface area contributed by atoms with Crippen molar-refractivity contribution in [1.29, 1.82) is 0 Å². The van der Waals surface area contributed by atoms with Crippen LogP contribution in [0.2, 0.25) is 0 Å². The molecule has 0 saturated heterocycles. The molecule has 0 spiro atoms. The van der Waals surface area contributed by atoms with Crippen LogP contribution in [0.5, 0.6) is 5.75 Å². The first-order chi connectivity index (χ1) is 10.0. The number of nitro groups is 1. The summed E-state index contributed by atoms with van der Waals surface area (Å²) in [7, 11) is 0. The zero-order valence-electron chi connectivity index (χ0n) is 11.2. The van der Waals surface area contributed by atoms with Crippen LogP contribution in [0.25, 0.3) is 0 Å². The third-order valence-electron chi connectivity index (χ3n) is 2.84. The second kappa shape index (κ2) is 6.33. The molecule has 1 amide bonds. The van der Waals surface area contributed by atoms with Gasteiger partial charge in [-0.3, -0.25) is 20.3 Å². The molecule has 3 N–H and O–H groups in total. The highest BCUT2D eigenvalue weighted by atomic mass is 32.1. The number of nitrogens with zero attached hydrogens (tertiary/aromatic N) is 1. The minimum Gasteiger partial charge on any atom is -0.489 e. The van der Waals surface area contributed by atoms with E-state index in [0.29, 0.717) is 21.8 Å². The number of rotatable bonds is 5. The topological polar surface area (TPSA) is 107 Å². The van der Waals surface area contributed by atoms with E-state index in [2.05, 4.69) is 5.43 Å². The molecule has 0 aliphatic carbocycles. The molecule has 0 atom stereocenters. The standard InChI is InChI=1S/C13H13N3O4S/c1-8-6-10(16(18)19)2-3-11(8)20-7-9-4-5-21-12(9)13(17)15-14/h2-6H,7,14H2,1H3,(H,15,17). The maximum atomic E-state index is 11.5. The van der Waals surface area contributed by atoms with Crippen LogP contribution >= 0.6 is 11.3 Å². The number of hydrogen-bond donors (Lipinski definition) is 2. The molecule has 1 aromatic carbocycles. The summed E-state index contributed by atoms with van der Waals surface area (Å²) < 4.78 is 5.61. The van der Waals surface area contributed by atoms with Crippen LogP contribution in [-0.4, -0.2) is 10.8 Å². The molecular weight excluding hydrogens is 294 g/mol. The summed E-state index contributed by atoms with van der Waals surface area (Å²) in [4.78, 5) is 22.2. The molecule has 0 aliphatic heterocycles. The fourth-order valence-corrected chi connectivity index (χ4v) is 2.59. The number of hydrogen-bond acceptors (Lipinski definition) is 6. The molecule has 1 heterocycles. The van der Waals surface area contributed by atoms with Crippen molar-refractivity contribution in [2.24, 2.45) is 5.84 Å².